The maximum absolute atomic E-state index is 12.0. The average Bonchev–Trinajstić information content (AvgIpc) is 2.69. The summed E-state index contributed by atoms with van der Waals surface area (Å²) in [6.45, 7) is 3.91. The van der Waals surface area contributed by atoms with Crippen molar-refractivity contribution in [3.63, 3.8) is 0 Å². The molecule has 0 radical (unpaired) electrons. The molecule has 2 amide bonds. The number of imide groups is 1. The smallest absolute Gasteiger partial charge is 0.294 e. The van der Waals surface area contributed by atoms with Gasteiger partial charge in [-0.05, 0) is 49.4 Å². The fourth-order valence-corrected chi connectivity index (χ4v) is 2.63. The number of ether oxygens (including phenoxy) is 1. The number of rotatable bonds is 4. The molecule has 0 N–H and O–H groups in total. The maximum Gasteiger partial charge on any atom is 0.294 e. The van der Waals surface area contributed by atoms with Crippen LogP contribution in [0.25, 0.3) is 6.08 Å². The van der Waals surface area contributed by atoms with Crippen molar-refractivity contribution in [1.29, 1.82) is 0 Å². The summed E-state index contributed by atoms with van der Waals surface area (Å²) in [7, 11) is 0. The minimum absolute atomic E-state index is 0.00315. The van der Waals surface area contributed by atoms with E-state index in [4.69, 9.17) is 11.2 Å². The molecule has 2 rings (SSSR count). The van der Waals surface area contributed by atoms with Crippen molar-refractivity contribution in [2.24, 2.45) is 0 Å². The first-order chi connectivity index (χ1) is 10.0. The van der Waals surface area contributed by atoms with Gasteiger partial charge in [0.15, 0.2) is 0 Å². The van der Waals surface area contributed by atoms with Crippen molar-refractivity contribution in [1.82, 2.24) is 4.90 Å². The van der Waals surface area contributed by atoms with Gasteiger partial charge >= 0.3 is 0 Å². The quantitative estimate of drug-likeness (QED) is 0.633. The Balaban J connectivity index is 2.15. The third-order valence-electron chi connectivity index (χ3n) is 2.67. The summed E-state index contributed by atoms with van der Waals surface area (Å²) in [6, 6.07) is 7.34. The van der Waals surface area contributed by atoms with Crippen LogP contribution < -0.4 is 4.74 Å². The second-order valence-corrected chi connectivity index (χ2v) is 5.70. The van der Waals surface area contributed by atoms with Crippen LogP contribution in [0.1, 0.15) is 19.4 Å². The minimum atomic E-state index is -0.342. The molecule has 5 heteroatoms. The second kappa shape index (κ2) is 6.51. The molecule has 0 unspecified atom stereocenters. The molecule has 1 aliphatic heterocycles. The first kappa shape index (κ1) is 15.2. The first-order valence-electron chi connectivity index (χ1n) is 6.47. The fourth-order valence-electron chi connectivity index (χ4n) is 1.79. The van der Waals surface area contributed by atoms with Crippen molar-refractivity contribution in [3.05, 3.63) is 34.7 Å². The van der Waals surface area contributed by atoms with Gasteiger partial charge in [-0.1, -0.05) is 18.1 Å². The van der Waals surface area contributed by atoms with E-state index in [1.54, 1.807) is 6.08 Å². The molecule has 0 atom stereocenters. The summed E-state index contributed by atoms with van der Waals surface area (Å²) < 4.78 is 5.55. The van der Waals surface area contributed by atoms with Gasteiger partial charge in [0.2, 0.25) is 0 Å². The van der Waals surface area contributed by atoms with Crippen LogP contribution in [0.4, 0.5) is 4.79 Å². The van der Waals surface area contributed by atoms with Gasteiger partial charge in [0, 0.05) is 0 Å². The summed E-state index contributed by atoms with van der Waals surface area (Å²) in [6.07, 6.45) is 6.94. The number of nitrogens with zero attached hydrogens (tertiary/aromatic N) is 1. The van der Waals surface area contributed by atoms with Crippen LogP contribution >= 0.6 is 11.8 Å². The highest BCUT2D eigenvalue weighted by molar-refractivity contribution is 8.18. The van der Waals surface area contributed by atoms with Gasteiger partial charge in [-0.15, -0.1) is 6.42 Å². The molecular weight excluding hydrogens is 286 g/mol. The standard InChI is InChI=1S/C16H15NO3S/c1-4-9-17-15(18)14(21-16(17)19)10-12-5-7-13(8-6-12)20-11(2)3/h1,5-8,10-11H,9H2,2-3H3. The van der Waals surface area contributed by atoms with E-state index in [0.717, 1.165) is 28.0 Å². The van der Waals surface area contributed by atoms with Gasteiger partial charge in [-0.25, -0.2) is 0 Å². The van der Waals surface area contributed by atoms with Gasteiger partial charge < -0.3 is 4.74 Å². The molecule has 1 aromatic carbocycles. The normalized spacial score (nSPS) is 16.7. The SMILES string of the molecule is C#CCN1C(=O)SC(=Cc2ccc(OC(C)C)cc2)C1=O. The van der Waals surface area contributed by atoms with Gasteiger partial charge in [0.1, 0.15) is 5.75 Å². The Morgan fingerprint density at radius 1 is 1.33 bits per heavy atom. The second-order valence-electron chi connectivity index (χ2n) is 4.71. The van der Waals surface area contributed by atoms with Crippen molar-refractivity contribution < 1.29 is 14.3 Å². The van der Waals surface area contributed by atoms with E-state index < -0.39 is 0 Å². The van der Waals surface area contributed by atoms with Crippen LogP contribution in [0.5, 0.6) is 5.75 Å². The summed E-state index contributed by atoms with van der Waals surface area (Å²) in [5.74, 6) is 2.73. The van der Waals surface area contributed by atoms with Crippen LogP contribution in [0.2, 0.25) is 0 Å². The highest BCUT2D eigenvalue weighted by Crippen LogP contribution is 2.32. The highest BCUT2D eigenvalue weighted by Gasteiger charge is 2.34. The van der Waals surface area contributed by atoms with Gasteiger partial charge in [-0.2, -0.15) is 0 Å². The Morgan fingerprint density at radius 2 is 2.00 bits per heavy atom. The third-order valence-corrected chi connectivity index (χ3v) is 3.58. The lowest BCUT2D eigenvalue weighted by atomic mass is 10.2. The van der Waals surface area contributed by atoms with Crippen LogP contribution in [0.3, 0.4) is 0 Å². The van der Waals surface area contributed by atoms with E-state index in [1.165, 1.54) is 0 Å². The monoisotopic (exact) mass is 301 g/mol. The molecule has 1 heterocycles. The van der Waals surface area contributed by atoms with Gasteiger partial charge in [0.25, 0.3) is 11.1 Å². The Hall–Kier alpha value is -2.19. The fraction of sp³-hybridized carbons (Fsp3) is 0.250. The number of terminal acetylenes is 1. The zero-order valence-corrected chi connectivity index (χ0v) is 12.6. The van der Waals surface area contributed by atoms with E-state index in [2.05, 4.69) is 5.92 Å². The van der Waals surface area contributed by atoms with Crippen molar-refractivity contribution >= 4 is 29.0 Å². The van der Waals surface area contributed by atoms with E-state index in [1.807, 2.05) is 38.1 Å². The number of carbonyl (C=O) groups excluding carboxylic acids is 2. The first-order valence-corrected chi connectivity index (χ1v) is 7.28. The van der Waals surface area contributed by atoms with Crippen LogP contribution in [0.15, 0.2) is 29.2 Å². The Kier molecular flexibility index (Phi) is 4.71. The number of amides is 2. The van der Waals surface area contributed by atoms with E-state index >= 15 is 0 Å². The molecule has 1 fully saturated rings. The van der Waals surface area contributed by atoms with Crippen molar-refractivity contribution in [3.8, 4) is 18.1 Å². The Labute approximate surface area is 128 Å². The minimum Gasteiger partial charge on any atom is -0.491 e. The number of benzene rings is 1. The molecule has 1 saturated heterocycles. The largest absolute Gasteiger partial charge is 0.491 e. The summed E-state index contributed by atoms with van der Waals surface area (Å²) >= 11 is 0.903. The lowest BCUT2D eigenvalue weighted by Gasteiger charge is -2.09. The topological polar surface area (TPSA) is 46.6 Å². The zero-order chi connectivity index (χ0) is 15.4. The molecule has 0 saturated carbocycles. The van der Waals surface area contributed by atoms with Crippen LogP contribution in [-0.4, -0.2) is 28.7 Å². The zero-order valence-electron chi connectivity index (χ0n) is 11.8. The summed E-state index contributed by atoms with van der Waals surface area (Å²) in [5.41, 5.74) is 0.831. The van der Waals surface area contributed by atoms with Gasteiger partial charge in [-0.3, -0.25) is 14.5 Å². The van der Waals surface area contributed by atoms with Gasteiger partial charge in [0.05, 0.1) is 17.6 Å². The number of thioether (sulfide) groups is 1. The lowest BCUT2D eigenvalue weighted by molar-refractivity contribution is -0.122. The molecule has 1 aromatic rings. The summed E-state index contributed by atoms with van der Waals surface area (Å²) in [4.78, 5) is 25.1. The molecule has 0 aromatic heterocycles. The van der Waals surface area contributed by atoms with Crippen molar-refractivity contribution in [2.75, 3.05) is 6.54 Å². The number of carbonyl (C=O) groups is 2. The van der Waals surface area contributed by atoms with E-state index in [9.17, 15) is 9.59 Å². The Morgan fingerprint density at radius 3 is 2.57 bits per heavy atom. The Bertz CT molecular complexity index is 626. The predicted octanol–water partition coefficient (Wildman–Crippen LogP) is 3.14. The highest BCUT2D eigenvalue weighted by atomic mass is 32.2. The predicted molar refractivity (Wildman–Crippen MR) is 83.7 cm³/mol. The number of hydrogen-bond acceptors (Lipinski definition) is 4. The number of hydrogen-bond donors (Lipinski definition) is 0. The van der Waals surface area contributed by atoms with Crippen LogP contribution in [0, 0.1) is 12.3 Å². The van der Waals surface area contributed by atoms with E-state index in [0.29, 0.717) is 4.91 Å². The van der Waals surface area contributed by atoms with E-state index in [-0.39, 0.29) is 23.8 Å². The molecule has 21 heavy (non-hydrogen) atoms. The summed E-state index contributed by atoms with van der Waals surface area (Å²) in [5, 5.41) is -0.330. The molecule has 0 aliphatic carbocycles. The average molecular weight is 301 g/mol. The molecule has 4 nitrogen and oxygen atoms in total. The molecule has 108 valence electrons. The lowest BCUT2D eigenvalue weighted by Crippen LogP contribution is -2.28. The van der Waals surface area contributed by atoms with Crippen molar-refractivity contribution in [2.45, 2.75) is 20.0 Å². The maximum atomic E-state index is 12.0. The molecule has 0 bridgehead atoms. The van der Waals surface area contributed by atoms with Crippen LogP contribution in [-0.2, 0) is 4.79 Å². The molecular formula is C16H15NO3S. The third kappa shape index (κ3) is 3.67. The molecule has 0 spiro atoms. The molecule has 1 aliphatic rings.